The lowest BCUT2D eigenvalue weighted by Crippen LogP contribution is -2.07. The number of benzene rings is 2. The van der Waals surface area contributed by atoms with Gasteiger partial charge in [0.05, 0.1) is 19.2 Å². The summed E-state index contributed by atoms with van der Waals surface area (Å²) in [6.45, 7) is 1.30. The SMILES string of the molecule is COc1cc2ncnc(NCCc3ccccc3)c2cc1OCCCCCCC(=O)O. The van der Waals surface area contributed by atoms with Crippen LogP contribution in [-0.4, -0.2) is 41.3 Å². The first kappa shape index (κ1) is 22.3. The highest BCUT2D eigenvalue weighted by Crippen LogP contribution is 2.34. The smallest absolute Gasteiger partial charge is 0.303 e. The minimum absolute atomic E-state index is 0.222. The lowest BCUT2D eigenvalue weighted by atomic mass is 10.1. The number of fused-ring (bicyclic) bond motifs is 1. The van der Waals surface area contributed by atoms with Gasteiger partial charge in [-0.15, -0.1) is 0 Å². The molecule has 0 aliphatic carbocycles. The van der Waals surface area contributed by atoms with E-state index in [4.69, 9.17) is 14.6 Å². The number of aliphatic carboxylic acids is 1. The minimum atomic E-state index is -0.743. The van der Waals surface area contributed by atoms with Gasteiger partial charge in [-0.05, 0) is 30.9 Å². The number of aromatic nitrogens is 2. The summed E-state index contributed by atoms with van der Waals surface area (Å²) in [6.07, 6.45) is 6.03. The molecule has 0 unspecified atom stereocenters. The first-order chi connectivity index (χ1) is 15.2. The van der Waals surface area contributed by atoms with Gasteiger partial charge in [-0.3, -0.25) is 4.79 Å². The molecule has 3 aromatic rings. The molecule has 2 N–H and O–H groups in total. The lowest BCUT2D eigenvalue weighted by molar-refractivity contribution is -0.137. The van der Waals surface area contributed by atoms with Gasteiger partial charge in [-0.25, -0.2) is 9.97 Å². The number of methoxy groups -OCH3 is 1. The predicted molar refractivity (Wildman–Crippen MR) is 121 cm³/mol. The van der Waals surface area contributed by atoms with Gasteiger partial charge in [0.15, 0.2) is 11.5 Å². The molecule has 0 saturated heterocycles. The van der Waals surface area contributed by atoms with Crippen molar-refractivity contribution in [1.82, 2.24) is 9.97 Å². The van der Waals surface area contributed by atoms with E-state index in [-0.39, 0.29) is 6.42 Å². The molecule has 0 fully saturated rings. The first-order valence-corrected chi connectivity index (χ1v) is 10.6. The maximum atomic E-state index is 10.6. The first-order valence-electron chi connectivity index (χ1n) is 10.6. The molecular formula is C24H29N3O4. The molecule has 1 heterocycles. The van der Waals surface area contributed by atoms with Crippen LogP contribution in [0.1, 0.15) is 37.7 Å². The van der Waals surface area contributed by atoms with E-state index >= 15 is 0 Å². The van der Waals surface area contributed by atoms with Crippen molar-refractivity contribution >= 4 is 22.7 Å². The average Bonchev–Trinajstić information content (AvgIpc) is 2.78. The van der Waals surface area contributed by atoms with E-state index in [2.05, 4.69) is 27.4 Å². The second kappa shape index (κ2) is 11.7. The van der Waals surface area contributed by atoms with Gasteiger partial charge in [-0.2, -0.15) is 0 Å². The second-order valence-corrected chi connectivity index (χ2v) is 7.31. The monoisotopic (exact) mass is 423 g/mol. The number of nitrogens with zero attached hydrogens (tertiary/aromatic N) is 2. The molecule has 0 aliphatic rings. The highest BCUT2D eigenvalue weighted by atomic mass is 16.5. The molecule has 164 valence electrons. The molecule has 0 bridgehead atoms. The average molecular weight is 424 g/mol. The molecule has 0 amide bonds. The Morgan fingerprint density at radius 1 is 1.03 bits per heavy atom. The van der Waals surface area contributed by atoms with E-state index in [0.29, 0.717) is 24.5 Å². The van der Waals surface area contributed by atoms with Gasteiger partial charge in [-0.1, -0.05) is 43.2 Å². The maximum absolute atomic E-state index is 10.6. The molecule has 3 rings (SSSR count). The summed E-state index contributed by atoms with van der Waals surface area (Å²) >= 11 is 0. The third-order valence-electron chi connectivity index (χ3n) is 5.01. The Balaban J connectivity index is 1.61. The van der Waals surface area contributed by atoms with Crippen molar-refractivity contribution in [3.63, 3.8) is 0 Å². The van der Waals surface area contributed by atoms with Gasteiger partial charge in [0.2, 0.25) is 0 Å². The minimum Gasteiger partial charge on any atom is -0.493 e. The predicted octanol–water partition coefficient (Wildman–Crippen LogP) is 4.71. The summed E-state index contributed by atoms with van der Waals surface area (Å²) < 4.78 is 11.5. The highest BCUT2D eigenvalue weighted by Gasteiger charge is 2.11. The fraction of sp³-hybridized carbons (Fsp3) is 0.375. The van der Waals surface area contributed by atoms with Crippen molar-refractivity contribution < 1.29 is 19.4 Å². The highest BCUT2D eigenvalue weighted by molar-refractivity contribution is 5.91. The van der Waals surface area contributed by atoms with Crippen LogP contribution in [-0.2, 0) is 11.2 Å². The van der Waals surface area contributed by atoms with E-state index in [1.165, 1.54) is 5.56 Å². The molecule has 31 heavy (non-hydrogen) atoms. The standard InChI is InChI=1S/C24H29N3O4/c1-30-21-16-20-19(15-22(21)31-14-8-3-2-7-11-23(28)29)24(27-17-26-20)25-13-12-18-9-5-4-6-10-18/h4-6,9-10,15-17H,2-3,7-8,11-14H2,1H3,(H,28,29)(H,25,26,27). The quantitative estimate of drug-likeness (QED) is 0.385. The number of hydrogen-bond acceptors (Lipinski definition) is 6. The molecular weight excluding hydrogens is 394 g/mol. The number of rotatable bonds is 13. The molecule has 1 aromatic heterocycles. The van der Waals surface area contributed by atoms with Gasteiger partial charge in [0, 0.05) is 24.4 Å². The number of hydrogen-bond donors (Lipinski definition) is 2. The van der Waals surface area contributed by atoms with Gasteiger partial charge in [0.25, 0.3) is 0 Å². The number of nitrogens with one attached hydrogen (secondary N) is 1. The molecule has 0 aliphatic heterocycles. The normalized spacial score (nSPS) is 10.7. The van der Waals surface area contributed by atoms with Crippen molar-refractivity contribution in [3.05, 3.63) is 54.4 Å². The summed E-state index contributed by atoms with van der Waals surface area (Å²) in [5.41, 5.74) is 2.05. The van der Waals surface area contributed by atoms with Crippen LogP contribution in [0.25, 0.3) is 10.9 Å². The van der Waals surface area contributed by atoms with Crippen LogP contribution in [0.5, 0.6) is 11.5 Å². The van der Waals surface area contributed by atoms with Crippen LogP contribution in [0, 0.1) is 0 Å². The Morgan fingerprint density at radius 3 is 2.61 bits per heavy atom. The Morgan fingerprint density at radius 2 is 1.84 bits per heavy atom. The maximum Gasteiger partial charge on any atom is 0.303 e. The Hall–Kier alpha value is -3.35. The number of ether oxygens (including phenoxy) is 2. The molecule has 0 radical (unpaired) electrons. The van der Waals surface area contributed by atoms with E-state index < -0.39 is 5.97 Å². The summed E-state index contributed by atoms with van der Waals surface area (Å²) in [6, 6.07) is 14.1. The Kier molecular flexibility index (Phi) is 8.46. The Bertz CT molecular complexity index is 979. The lowest BCUT2D eigenvalue weighted by Gasteiger charge is -2.14. The number of carboxylic acids is 1. The zero-order chi connectivity index (χ0) is 21.9. The molecule has 0 atom stereocenters. The number of anilines is 1. The van der Waals surface area contributed by atoms with E-state index in [0.717, 1.165) is 48.9 Å². The number of carboxylic acid groups (broad SMARTS) is 1. The fourth-order valence-electron chi connectivity index (χ4n) is 3.36. The van der Waals surface area contributed by atoms with Crippen molar-refractivity contribution in [2.24, 2.45) is 0 Å². The topological polar surface area (TPSA) is 93.6 Å². The summed E-state index contributed by atoms with van der Waals surface area (Å²) in [5.74, 6) is 1.31. The number of unbranched alkanes of at least 4 members (excludes halogenated alkanes) is 3. The van der Waals surface area contributed by atoms with Crippen molar-refractivity contribution in [1.29, 1.82) is 0 Å². The van der Waals surface area contributed by atoms with Crippen LogP contribution in [0.2, 0.25) is 0 Å². The van der Waals surface area contributed by atoms with Crippen molar-refractivity contribution in [3.8, 4) is 11.5 Å². The Labute approximate surface area is 182 Å². The van der Waals surface area contributed by atoms with E-state index in [9.17, 15) is 4.79 Å². The van der Waals surface area contributed by atoms with E-state index in [1.54, 1.807) is 13.4 Å². The zero-order valence-corrected chi connectivity index (χ0v) is 17.8. The van der Waals surface area contributed by atoms with Crippen LogP contribution >= 0.6 is 0 Å². The van der Waals surface area contributed by atoms with Crippen LogP contribution in [0.3, 0.4) is 0 Å². The molecule has 7 nitrogen and oxygen atoms in total. The van der Waals surface area contributed by atoms with Gasteiger partial charge < -0.3 is 19.9 Å². The van der Waals surface area contributed by atoms with Crippen LogP contribution in [0.15, 0.2) is 48.8 Å². The molecule has 0 spiro atoms. The molecule has 2 aromatic carbocycles. The van der Waals surface area contributed by atoms with Crippen molar-refractivity contribution in [2.45, 2.75) is 38.5 Å². The second-order valence-electron chi connectivity index (χ2n) is 7.31. The molecule has 7 heteroatoms. The zero-order valence-electron chi connectivity index (χ0n) is 17.8. The van der Waals surface area contributed by atoms with Crippen molar-refractivity contribution in [2.75, 3.05) is 25.6 Å². The third kappa shape index (κ3) is 6.84. The fourth-order valence-corrected chi connectivity index (χ4v) is 3.36. The summed E-state index contributed by atoms with van der Waals surface area (Å²) in [4.78, 5) is 19.3. The van der Waals surface area contributed by atoms with E-state index in [1.807, 2.05) is 30.3 Å². The van der Waals surface area contributed by atoms with Gasteiger partial charge >= 0.3 is 5.97 Å². The van der Waals surface area contributed by atoms with Gasteiger partial charge in [0.1, 0.15) is 12.1 Å². The third-order valence-corrected chi connectivity index (χ3v) is 5.01. The van der Waals surface area contributed by atoms with Crippen LogP contribution < -0.4 is 14.8 Å². The summed E-state index contributed by atoms with van der Waals surface area (Å²) in [5, 5.41) is 13.0. The largest absolute Gasteiger partial charge is 0.493 e. The molecule has 0 saturated carbocycles. The summed E-state index contributed by atoms with van der Waals surface area (Å²) in [7, 11) is 1.61. The number of carbonyl (C=O) groups is 1. The van der Waals surface area contributed by atoms with Crippen LogP contribution in [0.4, 0.5) is 5.82 Å².